The number of hydrogen-bond acceptors (Lipinski definition) is 2. The van der Waals surface area contributed by atoms with Crippen molar-refractivity contribution < 1.29 is 0 Å². The minimum absolute atomic E-state index is 0.154. The monoisotopic (exact) mass is 198 g/mol. The van der Waals surface area contributed by atoms with Crippen LogP contribution in [0.4, 0.5) is 0 Å². The van der Waals surface area contributed by atoms with Crippen molar-refractivity contribution in [3.63, 3.8) is 0 Å². The van der Waals surface area contributed by atoms with E-state index in [9.17, 15) is 0 Å². The summed E-state index contributed by atoms with van der Waals surface area (Å²) in [4.78, 5) is 8.65. The molecule has 0 aliphatic rings. The van der Waals surface area contributed by atoms with Crippen LogP contribution >= 0.6 is 11.6 Å². The van der Waals surface area contributed by atoms with Gasteiger partial charge in [0.2, 0.25) is 0 Å². The van der Waals surface area contributed by atoms with Gasteiger partial charge in [-0.05, 0) is 26.3 Å². The molecule has 3 heteroatoms. The van der Waals surface area contributed by atoms with Crippen LogP contribution in [0.15, 0.2) is 6.07 Å². The number of nitrogens with zero attached hydrogens (tertiary/aromatic N) is 2. The first-order chi connectivity index (χ1) is 6.11. The molecule has 1 heterocycles. The zero-order chi connectivity index (χ0) is 9.84. The summed E-state index contributed by atoms with van der Waals surface area (Å²) in [5.74, 6) is 0.861. The Kier molecular flexibility index (Phi) is 3.67. The first-order valence-corrected chi connectivity index (χ1v) is 5.00. The van der Waals surface area contributed by atoms with Gasteiger partial charge in [-0.25, -0.2) is 9.97 Å². The smallest absolute Gasteiger partial charge is 0.130 e. The van der Waals surface area contributed by atoms with Crippen molar-refractivity contribution >= 4 is 11.6 Å². The molecule has 1 atom stereocenters. The molecule has 0 aliphatic carbocycles. The first-order valence-electron chi connectivity index (χ1n) is 4.57. The van der Waals surface area contributed by atoms with Crippen LogP contribution in [0, 0.1) is 13.8 Å². The average Bonchev–Trinajstić information content (AvgIpc) is 2.02. The predicted molar refractivity (Wildman–Crippen MR) is 55.1 cm³/mol. The van der Waals surface area contributed by atoms with Gasteiger partial charge in [-0.2, -0.15) is 0 Å². The van der Waals surface area contributed by atoms with Gasteiger partial charge in [-0.1, -0.05) is 6.92 Å². The fourth-order valence-corrected chi connectivity index (χ4v) is 1.37. The molecule has 72 valence electrons. The van der Waals surface area contributed by atoms with E-state index in [0.29, 0.717) is 0 Å². The van der Waals surface area contributed by atoms with Gasteiger partial charge in [0.1, 0.15) is 5.82 Å². The average molecular weight is 199 g/mol. The zero-order valence-corrected chi connectivity index (χ0v) is 9.10. The summed E-state index contributed by atoms with van der Waals surface area (Å²) in [7, 11) is 0. The Balaban J connectivity index is 2.77. The van der Waals surface area contributed by atoms with E-state index in [1.165, 1.54) is 0 Å². The van der Waals surface area contributed by atoms with E-state index < -0.39 is 0 Å². The maximum absolute atomic E-state index is 6.02. The molecular weight excluding hydrogens is 184 g/mol. The highest BCUT2D eigenvalue weighted by Crippen LogP contribution is 2.08. The number of halogens is 1. The minimum atomic E-state index is 0.154. The third kappa shape index (κ3) is 3.31. The van der Waals surface area contributed by atoms with Crippen LogP contribution in [-0.4, -0.2) is 15.3 Å². The summed E-state index contributed by atoms with van der Waals surface area (Å²) in [5.41, 5.74) is 2.03. The molecule has 0 bridgehead atoms. The highest BCUT2D eigenvalue weighted by atomic mass is 35.5. The number of hydrogen-bond donors (Lipinski definition) is 0. The van der Waals surface area contributed by atoms with Crippen LogP contribution in [0.2, 0.25) is 0 Å². The summed E-state index contributed by atoms with van der Waals surface area (Å²) in [6.07, 6.45) is 1.72. The fraction of sp³-hybridized carbons (Fsp3) is 0.600. The van der Waals surface area contributed by atoms with Crippen molar-refractivity contribution in [2.24, 2.45) is 0 Å². The van der Waals surface area contributed by atoms with Gasteiger partial charge >= 0.3 is 0 Å². The second-order valence-corrected chi connectivity index (χ2v) is 3.89. The van der Waals surface area contributed by atoms with Crippen molar-refractivity contribution in [3.05, 3.63) is 23.3 Å². The Morgan fingerprint density at radius 2 is 1.85 bits per heavy atom. The van der Waals surface area contributed by atoms with Gasteiger partial charge in [0, 0.05) is 23.2 Å². The maximum atomic E-state index is 6.02. The molecule has 0 N–H and O–H groups in total. The van der Waals surface area contributed by atoms with Gasteiger partial charge in [-0.15, -0.1) is 11.6 Å². The van der Waals surface area contributed by atoms with Gasteiger partial charge in [0.15, 0.2) is 0 Å². The maximum Gasteiger partial charge on any atom is 0.130 e. The van der Waals surface area contributed by atoms with Gasteiger partial charge in [0.25, 0.3) is 0 Å². The number of alkyl halides is 1. The molecule has 0 spiro atoms. The van der Waals surface area contributed by atoms with Crippen molar-refractivity contribution in [1.29, 1.82) is 0 Å². The molecule has 1 rings (SSSR count). The van der Waals surface area contributed by atoms with Crippen LogP contribution in [0.1, 0.15) is 30.6 Å². The molecule has 1 aromatic heterocycles. The molecule has 0 saturated heterocycles. The molecule has 0 saturated carbocycles. The van der Waals surface area contributed by atoms with Crippen LogP contribution in [0.25, 0.3) is 0 Å². The van der Waals surface area contributed by atoms with Crippen molar-refractivity contribution in [1.82, 2.24) is 9.97 Å². The quantitative estimate of drug-likeness (QED) is 0.698. The third-order valence-electron chi connectivity index (χ3n) is 1.88. The van der Waals surface area contributed by atoms with Crippen LogP contribution in [0.3, 0.4) is 0 Å². The second kappa shape index (κ2) is 4.56. The second-order valence-electron chi connectivity index (χ2n) is 3.28. The van der Waals surface area contributed by atoms with Crippen molar-refractivity contribution in [3.8, 4) is 0 Å². The first kappa shape index (κ1) is 10.5. The Hall–Kier alpha value is -0.630. The zero-order valence-electron chi connectivity index (χ0n) is 8.34. The molecule has 0 aliphatic heterocycles. The molecule has 2 nitrogen and oxygen atoms in total. The Labute approximate surface area is 84.4 Å². The van der Waals surface area contributed by atoms with E-state index in [1.807, 2.05) is 19.9 Å². The number of rotatable bonds is 3. The van der Waals surface area contributed by atoms with E-state index in [4.69, 9.17) is 11.6 Å². The van der Waals surface area contributed by atoms with Gasteiger partial charge in [-0.3, -0.25) is 0 Å². The lowest BCUT2D eigenvalue weighted by molar-refractivity contribution is 0.752. The lowest BCUT2D eigenvalue weighted by Crippen LogP contribution is -2.07. The standard InChI is InChI=1S/C10H15ClN2/c1-4-9(11)6-10-12-7(2)5-8(3)13-10/h5,9H,4,6H2,1-3H3. The van der Waals surface area contributed by atoms with Crippen LogP contribution in [-0.2, 0) is 6.42 Å². The fourth-order valence-electron chi connectivity index (χ4n) is 1.23. The topological polar surface area (TPSA) is 25.8 Å². The Morgan fingerprint density at radius 1 is 1.31 bits per heavy atom. The normalized spacial score (nSPS) is 12.9. The van der Waals surface area contributed by atoms with Crippen LogP contribution < -0.4 is 0 Å². The SMILES string of the molecule is CCC(Cl)Cc1nc(C)cc(C)n1. The Morgan fingerprint density at radius 3 is 2.31 bits per heavy atom. The summed E-state index contributed by atoms with van der Waals surface area (Å²) in [5, 5.41) is 0.154. The molecule has 1 aromatic rings. The third-order valence-corrected chi connectivity index (χ3v) is 2.34. The summed E-state index contributed by atoms with van der Waals surface area (Å²) in [6, 6.07) is 1.97. The van der Waals surface area contributed by atoms with Crippen molar-refractivity contribution in [2.75, 3.05) is 0 Å². The molecule has 0 fully saturated rings. The van der Waals surface area contributed by atoms with E-state index in [1.54, 1.807) is 0 Å². The minimum Gasteiger partial charge on any atom is -0.238 e. The highest BCUT2D eigenvalue weighted by Gasteiger charge is 2.06. The largest absolute Gasteiger partial charge is 0.238 e. The molecular formula is C10H15ClN2. The van der Waals surface area contributed by atoms with Crippen molar-refractivity contribution in [2.45, 2.75) is 39.0 Å². The van der Waals surface area contributed by atoms with E-state index >= 15 is 0 Å². The molecule has 13 heavy (non-hydrogen) atoms. The predicted octanol–water partition coefficient (Wildman–Crippen LogP) is 2.65. The van der Waals surface area contributed by atoms with E-state index in [2.05, 4.69) is 16.9 Å². The van der Waals surface area contributed by atoms with Gasteiger partial charge < -0.3 is 0 Å². The number of aryl methyl sites for hydroxylation is 2. The molecule has 0 amide bonds. The lowest BCUT2D eigenvalue weighted by atomic mass is 10.2. The highest BCUT2D eigenvalue weighted by molar-refractivity contribution is 6.20. The molecule has 0 radical (unpaired) electrons. The lowest BCUT2D eigenvalue weighted by Gasteiger charge is -2.06. The van der Waals surface area contributed by atoms with Crippen LogP contribution in [0.5, 0.6) is 0 Å². The summed E-state index contributed by atoms with van der Waals surface area (Å²) in [6.45, 7) is 6.03. The van der Waals surface area contributed by atoms with E-state index in [0.717, 1.165) is 30.1 Å². The molecule has 1 unspecified atom stereocenters. The van der Waals surface area contributed by atoms with E-state index in [-0.39, 0.29) is 5.38 Å². The number of aromatic nitrogens is 2. The van der Waals surface area contributed by atoms with Gasteiger partial charge in [0.05, 0.1) is 0 Å². The summed E-state index contributed by atoms with van der Waals surface area (Å²) >= 11 is 6.02. The Bertz CT molecular complexity index is 266. The molecule has 0 aromatic carbocycles. The summed E-state index contributed by atoms with van der Waals surface area (Å²) < 4.78 is 0.